The second-order valence-corrected chi connectivity index (χ2v) is 10.4. The van der Waals surface area contributed by atoms with E-state index in [0.29, 0.717) is 42.2 Å². The van der Waals surface area contributed by atoms with Crippen LogP contribution in [-0.2, 0) is 6.54 Å². The standard InChI is InChI=1S/C30H32ClF2N7O/c1-20-19-39(26-14-24(32)13-25(33)15-26)12-11-38(20)10-4-5-23-18-35-40(21(23)2)30-36-28(31)16-29(37-30)34-17-22-6-8-27(41-3)9-7-22/h4-9,13-16,18,20H,10-12,17,19H2,1-3H3,(H,34,36,37)/b5-4+/t20-/m1/s1. The van der Waals surface area contributed by atoms with Gasteiger partial charge < -0.3 is 15.0 Å². The van der Waals surface area contributed by atoms with Crippen LogP contribution in [0.1, 0.15) is 23.7 Å². The maximum Gasteiger partial charge on any atom is 0.254 e. The van der Waals surface area contributed by atoms with Gasteiger partial charge in [0.1, 0.15) is 28.4 Å². The van der Waals surface area contributed by atoms with Gasteiger partial charge in [-0.05, 0) is 43.7 Å². The molecule has 1 aliphatic heterocycles. The van der Waals surface area contributed by atoms with Crippen molar-refractivity contribution in [1.29, 1.82) is 0 Å². The zero-order chi connectivity index (χ0) is 28.9. The third-order valence-electron chi connectivity index (χ3n) is 7.17. The number of hydrogen-bond donors (Lipinski definition) is 1. The first-order chi connectivity index (χ1) is 19.8. The van der Waals surface area contributed by atoms with Gasteiger partial charge in [0.15, 0.2) is 0 Å². The van der Waals surface area contributed by atoms with Crippen molar-refractivity contribution in [3.63, 3.8) is 0 Å². The van der Waals surface area contributed by atoms with Crippen molar-refractivity contribution in [2.45, 2.75) is 26.4 Å². The lowest BCUT2D eigenvalue weighted by Gasteiger charge is -2.40. The Hall–Kier alpha value is -4.02. The minimum Gasteiger partial charge on any atom is -0.497 e. The Morgan fingerprint density at radius 3 is 2.54 bits per heavy atom. The highest BCUT2D eigenvalue weighted by molar-refractivity contribution is 6.29. The van der Waals surface area contributed by atoms with E-state index in [1.165, 1.54) is 12.1 Å². The summed E-state index contributed by atoms with van der Waals surface area (Å²) < 4.78 is 34.2. The average Bonchev–Trinajstić information content (AvgIpc) is 3.32. The highest BCUT2D eigenvalue weighted by atomic mass is 35.5. The van der Waals surface area contributed by atoms with Gasteiger partial charge in [-0.15, -0.1) is 0 Å². The Morgan fingerprint density at radius 2 is 1.83 bits per heavy atom. The molecule has 1 saturated heterocycles. The molecule has 5 rings (SSSR count). The van der Waals surface area contributed by atoms with Crippen LogP contribution in [0.4, 0.5) is 20.3 Å². The summed E-state index contributed by atoms with van der Waals surface area (Å²) in [5.41, 5.74) is 3.48. The van der Waals surface area contributed by atoms with Crippen LogP contribution in [-0.4, -0.2) is 64.0 Å². The van der Waals surface area contributed by atoms with E-state index in [1.54, 1.807) is 24.1 Å². The van der Waals surface area contributed by atoms with Gasteiger partial charge in [-0.25, -0.2) is 13.5 Å². The Labute approximate surface area is 243 Å². The van der Waals surface area contributed by atoms with E-state index in [9.17, 15) is 8.78 Å². The fourth-order valence-corrected chi connectivity index (χ4v) is 5.03. The topological polar surface area (TPSA) is 71.3 Å². The smallest absolute Gasteiger partial charge is 0.254 e. The van der Waals surface area contributed by atoms with Crippen molar-refractivity contribution in [3.8, 4) is 11.7 Å². The molecule has 0 radical (unpaired) electrons. The predicted molar refractivity (Wildman–Crippen MR) is 158 cm³/mol. The van der Waals surface area contributed by atoms with Gasteiger partial charge in [0.25, 0.3) is 5.95 Å². The molecule has 1 aliphatic rings. The van der Waals surface area contributed by atoms with Crippen molar-refractivity contribution >= 4 is 29.2 Å². The molecular weight excluding hydrogens is 548 g/mol. The number of methoxy groups -OCH3 is 1. The predicted octanol–water partition coefficient (Wildman–Crippen LogP) is 5.75. The molecule has 214 valence electrons. The van der Waals surface area contributed by atoms with Crippen molar-refractivity contribution in [3.05, 3.63) is 94.4 Å². The van der Waals surface area contributed by atoms with Crippen molar-refractivity contribution in [2.24, 2.45) is 0 Å². The van der Waals surface area contributed by atoms with Crippen LogP contribution in [0.15, 0.2) is 60.8 Å². The number of halogens is 3. The largest absolute Gasteiger partial charge is 0.497 e. The summed E-state index contributed by atoms with van der Waals surface area (Å²) in [7, 11) is 1.64. The lowest BCUT2D eigenvalue weighted by atomic mass is 10.1. The molecule has 1 N–H and O–H groups in total. The zero-order valence-electron chi connectivity index (χ0n) is 23.2. The van der Waals surface area contributed by atoms with E-state index >= 15 is 0 Å². The van der Waals surface area contributed by atoms with E-state index in [0.717, 1.165) is 41.7 Å². The fraction of sp³-hybridized carbons (Fsp3) is 0.300. The molecule has 0 saturated carbocycles. The quantitative estimate of drug-likeness (QED) is 0.253. The molecule has 0 aliphatic carbocycles. The van der Waals surface area contributed by atoms with Gasteiger partial charge in [-0.3, -0.25) is 4.90 Å². The summed E-state index contributed by atoms with van der Waals surface area (Å²) in [6.45, 7) is 7.55. The molecule has 8 nitrogen and oxygen atoms in total. The van der Waals surface area contributed by atoms with Gasteiger partial charge in [0.05, 0.1) is 19.0 Å². The van der Waals surface area contributed by atoms with Crippen LogP contribution in [0.25, 0.3) is 12.0 Å². The van der Waals surface area contributed by atoms with Crippen molar-refractivity contribution < 1.29 is 13.5 Å². The Morgan fingerprint density at radius 1 is 1.07 bits per heavy atom. The number of aromatic nitrogens is 4. The highest BCUT2D eigenvalue weighted by Gasteiger charge is 2.23. The first kappa shape index (κ1) is 28.5. The minimum absolute atomic E-state index is 0.215. The number of ether oxygens (including phenoxy) is 1. The van der Waals surface area contributed by atoms with Crippen LogP contribution in [0.2, 0.25) is 5.15 Å². The van der Waals surface area contributed by atoms with E-state index in [1.807, 2.05) is 42.2 Å². The molecule has 1 atom stereocenters. The Bertz CT molecular complexity index is 1510. The molecule has 2 aromatic carbocycles. The van der Waals surface area contributed by atoms with Gasteiger partial charge in [0.2, 0.25) is 0 Å². The maximum atomic E-state index is 13.7. The van der Waals surface area contributed by atoms with Gasteiger partial charge >= 0.3 is 0 Å². The molecule has 3 heterocycles. The molecule has 0 spiro atoms. The number of nitrogens with one attached hydrogen (secondary N) is 1. The van der Waals surface area contributed by atoms with Crippen LogP contribution in [0, 0.1) is 18.6 Å². The van der Waals surface area contributed by atoms with Crippen LogP contribution < -0.4 is 15.0 Å². The monoisotopic (exact) mass is 579 g/mol. The molecule has 0 bridgehead atoms. The van der Waals surface area contributed by atoms with Crippen LogP contribution >= 0.6 is 11.6 Å². The van der Waals surface area contributed by atoms with E-state index < -0.39 is 11.6 Å². The SMILES string of the molecule is COc1ccc(CNc2cc(Cl)nc(-n3ncc(/C=C/CN4CCN(c5cc(F)cc(F)c5)C[C@H]4C)c3C)n2)cc1. The summed E-state index contributed by atoms with van der Waals surface area (Å²) in [4.78, 5) is 13.4. The fourth-order valence-electron chi connectivity index (χ4n) is 4.85. The molecule has 4 aromatic rings. The molecule has 0 amide bonds. The summed E-state index contributed by atoms with van der Waals surface area (Å²) in [5.74, 6) is 0.662. The number of piperazine rings is 1. The summed E-state index contributed by atoms with van der Waals surface area (Å²) in [6, 6.07) is 13.4. The maximum absolute atomic E-state index is 13.7. The van der Waals surface area contributed by atoms with Crippen molar-refractivity contribution in [2.75, 3.05) is 43.5 Å². The normalized spacial score (nSPS) is 16.0. The van der Waals surface area contributed by atoms with Gasteiger partial charge in [-0.1, -0.05) is 35.9 Å². The first-order valence-corrected chi connectivity index (χ1v) is 13.7. The summed E-state index contributed by atoms with van der Waals surface area (Å²) in [5, 5.41) is 8.11. The van der Waals surface area contributed by atoms with Gasteiger partial charge in [0, 0.05) is 62.1 Å². The summed E-state index contributed by atoms with van der Waals surface area (Å²) >= 11 is 6.32. The Kier molecular flexibility index (Phi) is 8.80. The Balaban J connectivity index is 1.20. The van der Waals surface area contributed by atoms with E-state index in [4.69, 9.17) is 16.3 Å². The number of hydrogen-bond acceptors (Lipinski definition) is 7. The molecule has 1 fully saturated rings. The lowest BCUT2D eigenvalue weighted by Crippen LogP contribution is -2.51. The van der Waals surface area contributed by atoms with Gasteiger partial charge in [-0.2, -0.15) is 15.1 Å². The second kappa shape index (κ2) is 12.7. The highest BCUT2D eigenvalue weighted by Crippen LogP contribution is 2.23. The molecule has 41 heavy (non-hydrogen) atoms. The van der Waals surface area contributed by atoms with Crippen molar-refractivity contribution in [1.82, 2.24) is 24.6 Å². The average molecular weight is 580 g/mol. The van der Waals surface area contributed by atoms with Crippen LogP contribution in [0.5, 0.6) is 5.75 Å². The van der Waals surface area contributed by atoms with Crippen LogP contribution in [0.3, 0.4) is 0 Å². The number of rotatable bonds is 9. The third kappa shape index (κ3) is 7.01. The number of anilines is 2. The summed E-state index contributed by atoms with van der Waals surface area (Å²) in [6.07, 6.45) is 5.91. The molecular formula is C30H32ClF2N7O. The lowest BCUT2D eigenvalue weighted by molar-refractivity contribution is 0.210. The zero-order valence-corrected chi connectivity index (χ0v) is 23.9. The third-order valence-corrected chi connectivity index (χ3v) is 7.36. The molecule has 0 unspecified atom stereocenters. The molecule has 11 heteroatoms. The first-order valence-electron chi connectivity index (χ1n) is 13.4. The minimum atomic E-state index is -0.557. The number of nitrogens with zero attached hydrogens (tertiary/aromatic N) is 6. The van der Waals surface area contributed by atoms with E-state index in [2.05, 4.69) is 38.3 Å². The second-order valence-electron chi connectivity index (χ2n) is 9.99. The molecule has 2 aromatic heterocycles. The van der Waals surface area contributed by atoms with E-state index in [-0.39, 0.29) is 6.04 Å². The number of benzene rings is 2.